The quantitative estimate of drug-likeness (QED) is 0.711. The maximum Gasteiger partial charge on any atom is 0.254 e. The predicted molar refractivity (Wildman–Crippen MR) is 115 cm³/mol. The first-order valence-corrected chi connectivity index (χ1v) is 10.9. The molecule has 2 heterocycles. The van der Waals surface area contributed by atoms with Gasteiger partial charge >= 0.3 is 0 Å². The Labute approximate surface area is 171 Å². The lowest BCUT2D eigenvalue weighted by atomic mass is 9.92. The van der Waals surface area contributed by atoms with Gasteiger partial charge in [0, 0.05) is 36.0 Å². The first kappa shape index (κ1) is 20.6. The summed E-state index contributed by atoms with van der Waals surface area (Å²) in [4.78, 5) is 32.6. The van der Waals surface area contributed by atoms with Crippen molar-refractivity contribution in [3.63, 3.8) is 0 Å². The molecule has 0 saturated carbocycles. The van der Waals surface area contributed by atoms with Gasteiger partial charge in [-0.1, -0.05) is 64.1 Å². The molecule has 150 valence electrons. The molecule has 0 aliphatic carbocycles. The normalized spacial score (nSPS) is 16.5. The molecule has 0 spiro atoms. The summed E-state index contributed by atoms with van der Waals surface area (Å²) in [5, 5.41) is 0.723. The number of aromatic nitrogens is 2. The van der Waals surface area contributed by atoms with Crippen LogP contribution >= 0.6 is 11.8 Å². The van der Waals surface area contributed by atoms with Gasteiger partial charge in [0.1, 0.15) is 0 Å². The van der Waals surface area contributed by atoms with Crippen molar-refractivity contribution in [2.75, 3.05) is 17.2 Å². The van der Waals surface area contributed by atoms with Crippen molar-refractivity contribution in [3.05, 3.63) is 52.4 Å². The summed E-state index contributed by atoms with van der Waals surface area (Å²) >= 11 is 1.51. The monoisotopic (exact) mass is 399 g/mol. The smallest absolute Gasteiger partial charge is 0.254 e. The summed E-state index contributed by atoms with van der Waals surface area (Å²) in [7, 11) is 0. The van der Waals surface area contributed by atoms with Crippen LogP contribution in [0.1, 0.15) is 46.2 Å². The predicted octanol–water partition coefficient (Wildman–Crippen LogP) is 4.10. The molecule has 3 rings (SSSR count). The Bertz CT molecular complexity index is 887. The lowest BCUT2D eigenvalue weighted by Crippen LogP contribution is -2.43. The molecule has 1 aliphatic rings. The number of anilines is 1. The van der Waals surface area contributed by atoms with Crippen LogP contribution in [0.15, 0.2) is 46.3 Å². The third-order valence-corrected chi connectivity index (χ3v) is 6.12. The Morgan fingerprint density at radius 2 is 2.00 bits per heavy atom. The van der Waals surface area contributed by atoms with E-state index in [1.165, 1.54) is 11.8 Å². The van der Waals surface area contributed by atoms with Gasteiger partial charge in [-0.3, -0.25) is 14.2 Å². The number of nitrogens with zero attached hydrogens (tertiary/aromatic N) is 3. The third-order valence-electron chi connectivity index (χ3n) is 4.98. The van der Waals surface area contributed by atoms with Gasteiger partial charge in [0.2, 0.25) is 5.91 Å². The van der Waals surface area contributed by atoms with E-state index >= 15 is 0 Å². The molecule has 6 heteroatoms. The van der Waals surface area contributed by atoms with Crippen molar-refractivity contribution in [2.45, 2.75) is 57.7 Å². The number of carbonyl (C=O) groups is 1. The van der Waals surface area contributed by atoms with Crippen LogP contribution in [0.4, 0.5) is 5.69 Å². The number of para-hydroxylation sites is 1. The molecule has 2 aromatic rings. The van der Waals surface area contributed by atoms with E-state index in [2.05, 4.69) is 27.7 Å². The van der Waals surface area contributed by atoms with Crippen LogP contribution in [0.2, 0.25) is 0 Å². The zero-order valence-corrected chi connectivity index (χ0v) is 18.0. The van der Waals surface area contributed by atoms with Crippen LogP contribution in [0.5, 0.6) is 0 Å². The molecule has 1 unspecified atom stereocenters. The molecule has 1 aromatic heterocycles. The summed E-state index contributed by atoms with van der Waals surface area (Å²) in [6.07, 6.45) is 1.98. The van der Waals surface area contributed by atoms with E-state index in [1.54, 1.807) is 10.6 Å². The second kappa shape index (κ2) is 8.52. The van der Waals surface area contributed by atoms with Gasteiger partial charge in [0.15, 0.2) is 5.16 Å². The summed E-state index contributed by atoms with van der Waals surface area (Å²) in [6, 6.07) is 11.4. The van der Waals surface area contributed by atoms with Crippen LogP contribution in [0.25, 0.3) is 0 Å². The number of fused-ring (bicyclic) bond motifs is 1. The number of amides is 1. The van der Waals surface area contributed by atoms with E-state index in [4.69, 9.17) is 4.98 Å². The van der Waals surface area contributed by atoms with Crippen LogP contribution in [-0.2, 0) is 16.8 Å². The zero-order valence-electron chi connectivity index (χ0n) is 17.1. The highest BCUT2D eigenvalue weighted by atomic mass is 32.2. The minimum atomic E-state index is -0.227. The molecular weight excluding hydrogens is 370 g/mol. The van der Waals surface area contributed by atoms with Crippen LogP contribution in [0.3, 0.4) is 0 Å². The Kier molecular flexibility index (Phi) is 6.28. The summed E-state index contributed by atoms with van der Waals surface area (Å²) < 4.78 is 1.66. The number of rotatable bonds is 5. The SMILES string of the molecule is CCCCN(C(=O)C1CSc2nc(C(C)(C)C)cc(=O)n2C1)c1ccccc1. The first-order valence-electron chi connectivity index (χ1n) is 9.93. The average Bonchev–Trinajstić information content (AvgIpc) is 2.68. The maximum atomic E-state index is 13.3. The fraction of sp³-hybridized carbons (Fsp3) is 0.500. The van der Waals surface area contributed by atoms with E-state index in [0.717, 1.165) is 29.4 Å². The van der Waals surface area contributed by atoms with Crippen LogP contribution < -0.4 is 10.5 Å². The highest BCUT2D eigenvalue weighted by Crippen LogP contribution is 2.30. The van der Waals surface area contributed by atoms with Crippen molar-refractivity contribution < 1.29 is 4.79 Å². The van der Waals surface area contributed by atoms with E-state index in [1.807, 2.05) is 35.2 Å². The minimum absolute atomic E-state index is 0.0697. The van der Waals surface area contributed by atoms with E-state index in [9.17, 15) is 9.59 Å². The molecule has 0 bridgehead atoms. The van der Waals surface area contributed by atoms with E-state index < -0.39 is 0 Å². The van der Waals surface area contributed by atoms with Crippen molar-refractivity contribution in [1.29, 1.82) is 0 Å². The van der Waals surface area contributed by atoms with E-state index in [0.29, 0.717) is 18.8 Å². The number of unbranched alkanes of at least 4 members (excludes halogenated alkanes) is 1. The van der Waals surface area contributed by atoms with Gasteiger partial charge in [-0.15, -0.1) is 0 Å². The molecule has 1 atom stereocenters. The molecule has 0 saturated heterocycles. The molecule has 28 heavy (non-hydrogen) atoms. The summed E-state index contributed by atoms with van der Waals surface area (Å²) in [5.74, 6) is 0.507. The molecule has 0 radical (unpaired) electrons. The zero-order chi connectivity index (χ0) is 20.3. The van der Waals surface area contributed by atoms with Crippen molar-refractivity contribution in [1.82, 2.24) is 9.55 Å². The molecule has 5 nitrogen and oxygen atoms in total. The third kappa shape index (κ3) is 4.49. The highest BCUT2D eigenvalue weighted by Gasteiger charge is 2.31. The molecular formula is C22H29N3O2S. The van der Waals surface area contributed by atoms with Crippen LogP contribution in [-0.4, -0.2) is 27.8 Å². The Balaban J connectivity index is 1.85. The minimum Gasteiger partial charge on any atom is -0.312 e. The van der Waals surface area contributed by atoms with Gasteiger partial charge in [-0.2, -0.15) is 0 Å². The summed E-state index contributed by atoms with van der Waals surface area (Å²) in [6.45, 7) is 9.38. The molecule has 0 N–H and O–H groups in total. The largest absolute Gasteiger partial charge is 0.312 e. The number of hydrogen-bond donors (Lipinski definition) is 0. The standard InChI is InChI=1S/C22H29N3O2S/c1-5-6-12-24(17-10-8-7-9-11-17)20(27)16-14-25-19(26)13-18(22(2,3)4)23-21(25)28-15-16/h7-11,13,16H,5-6,12,14-15H2,1-4H3. The molecule has 0 fully saturated rings. The number of thioether (sulfide) groups is 1. The van der Waals surface area contributed by atoms with Gasteiger partial charge in [-0.25, -0.2) is 4.98 Å². The number of hydrogen-bond acceptors (Lipinski definition) is 4. The maximum absolute atomic E-state index is 13.3. The first-order chi connectivity index (χ1) is 13.3. The molecule has 1 aromatic carbocycles. The lowest BCUT2D eigenvalue weighted by Gasteiger charge is -2.31. The lowest BCUT2D eigenvalue weighted by molar-refractivity contribution is -0.122. The van der Waals surface area contributed by atoms with Crippen molar-refractivity contribution in [3.8, 4) is 0 Å². The second-order valence-corrected chi connectivity index (χ2v) is 9.30. The second-order valence-electron chi connectivity index (χ2n) is 8.31. The fourth-order valence-corrected chi connectivity index (χ4v) is 4.34. The Morgan fingerprint density at radius 3 is 2.64 bits per heavy atom. The topological polar surface area (TPSA) is 55.2 Å². The van der Waals surface area contributed by atoms with Gasteiger partial charge < -0.3 is 4.90 Å². The average molecular weight is 400 g/mol. The van der Waals surface area contributed by atoms with Crippen LogP contribution in [0, 0.1) is 5.92 Å². The molecule has 1 amide bonds. The van der Waals surface area contributed by atoms with Gasteiger partial charge in [-0.05, 0) is 18.6 Å². The Hall–Kier alpha value is -2.08. The van der Waals surface area contributed by atoms with Crippen molar-refractivity contribution >= 4 is 23.4 Å². The molecule has 1 aliphatic heterocycles. The Morgan fingerprint density at radius 1 is 1.29 bits per heavy atom. The highest BCUT2D eigenvalue weighted by molar-refractivity contribution is 7.99. The number of benzene rings is 1. The number of carbonyl (C=O) groups excluding carboxylic acids is 1. The van der Waals surface area contributed by atoms with Gasteiger partial charge in [0.05, 0.1) is 11.6 Å². The van der Waals surface area contributed by atoms with Crippen molar-refractivity contribution in [2.24, 2.45) is 5.92 Å². The summed E-state index contributed by atoms with van der Waals surface area (Å²) in [5.41, 5.74) is 1.48. The fourth-order valence-electron chi connectivity index (χ4n) is 3.26. The van der Waals surface area contributed by atoms with Gasteiger partial charge in [0.25, 0.3) is 5.56 Å². The van der Waals surface area contributed by atoms with E-state index in [-0.39, 0.29) is 22.8 Å².